The summed E-state index contributed by atoms with van der Waals surface area (Å²) in [6.07, 6.45) is 0. The smallest absolute Gasteiger partial charge is 0.123 e. The molecule has 0 spiro atoms. The van der Waals surface area contributed by atoms with Gasteiger partial charge in [-0.25, -0.2) is 4.39 Å². The van der Waals surface area contributed by atoms with Gasteiger partial charge in [0.2, 0.25) is 0 Å². The minimum Gasteiger partial charge on any atom is -0.492 e. The van der Waals surface area contributed by atoms with Gasteiger partial charge in [0.15, 0.2) is 0 Å². The van der Waals surface area contributed by atoms with Gasteiger partial charge in [0.1, 0.15) is 18.2 Å². The third-order valence-corrected chi connectivity index (χ3v) is 4.39. The molecule has 1 atom stereocenters. The summed E-state index contributed by atoms with van der Waals surface area (Å²) in [5.41, 5.74) is 3.43. The van der Waals surface area contributed by atoms with Gasteiger partial charge < -0.3 is 9.64 Å². The third-order valence-electron chi connectivity index (χ3n) is 4.39. The van der Waals surface area contributed by atoms with Crippen LogP contribution in [-0.2, 0) is 13.1 Å². The minimum absolute atomic E-state index is 0.182. The molecule has 0 radical (unpaired) electrons. The fraction of sp³-hybridized carbons (Fsp3) is 0.400. The van der Waals surface area contributed by atoms with Crippen LogP contribution in [0.4, 0.5) is 4.39 Å². The average Bonchev–Trinajstić information content (AvgIpc) is 2.67. The summed E-state index contributed by atoms with van der Waals surface area (Å²) in [6, 6.07) is 13.5. The van der Waals surface area contributed by atoms with E-state index in [-0.39, 0.29) is 11.9 Å². The molecule has 0 saturated carbocycles. The zero-order valence-corrected chi connectivity index (χ0v) is 14.6. The van der Waals surface area contributed by atoms with Gasteiger partial charge in [-0.05, 0) is 44.8 Å². The zero-order chi connectivity index (χ0) is 17.1. The van der Waals surface area contributed by atoms with Crippen molar-refractivity contribution in [2.45, 2.75) is 26.1 Å². The summed E-state index contributed by atoms with van der Waals surface area (Å²) in [7, 11) is 4.14. The number of hydrogen-bond donors (Lipinski definition) is 0. The van der Waals surface area contributed by atoms with E-state index in [9.17, 15) is 4.39 Å². The molecule has 0 amide bonds. The van der Waals surface area contributed by atoms with Crippen LogP contribution in [0.5, 0.6) is 5.75 Å². The first-order valence-electron chi connectivity index (χ1n) is 8.37. The van der Waals surface area contributed by atoms with Gasteiger partial charge >= 0.3 is 0 Å². The van der Waals surface area contributed by atoms with Crippen molar-refractivity contribution in [3.05, 3.63) is 65.0 Å². The lowest BCUT2D eigenvalue weighted by Crippen LogP contribution is -2.43. The Bertz CT molecular complexity index is 702. The number of aryl methyl sites for hydroxylation is 1. The van der Waals surface area contributed by atoms with Gasteiger partial charge in [0, 0.05) is 25.2 Å². The van der Waals surface area contributed by atoms with Crippen LogP contribution < -0.4 is 4.74 Å². The highest BCUT2D eigenvalue weighted by Crippen LogP contribution is 2.27. The number of rotatable bonds is 4. The van der Waals surface area contributed by atoms with Crippen LogP contribution in [0.3, 0.4) is 0 Å². The summed E-state index contributed by atoms with van der Waals surface area (Å²) in [6.45, 7) is 5.17. The second-order valence-corrected chi connectivity index (χ2v) is 6.87. The molecule has 128 valence electrons. The fourth-order valence-electron chi connectivity index (χ4n) is 3.26. The average molecular weight is 328 g/mol. The lowest BCUT2D eigenvalue weighted by atomic mass is 10.1. The van der Waals surface area contributed by atoms with E-state index in [0.29, 0.717) is 13.2 Å². The summed E-state index contributed by atoms with van der Waals surface area (Å²) < 4.78 is 19.6. The van der Waals surface area contributed by atoms with Gasteiger partial charge in [-0.15, -0.1) is 0 Å². The summed E-state index contributed by atoms with van der Waals surface area (Å²) in [5.74, 6) is 0.782. The molecule has 24 heavy (non-hydrogen) atoms. The van der Waals surface area contributed by atoms with Crippen LogP contribution in [0.15, 0.2) is 42.5 Å². The van der Waals surface area contributed by atoms with Crippen molar-refractivity contribution >= 4 is 0 Å². The number of likely N-dealkylation sites (N-methyl/N-ethyl adjacent to an activating group) is 1. The normalized spacial score (nSPS) is 18.1. The van der Waals surface area contributed by atoms with Crippen LogP contribution in [0.1, 0.15) is 16.7 Å². The molecular weight excluding hydrogens is 303 g/mol. The van der Waals surface area contributed by atoms with Gasteiger partial charge in [0.25, 0.3) is 0 Å². The van der Waals surface area contributed by atoms with E-state index in [1.165, 1.54) is 17.2 Å². The first-order valence-corrected chi connectivity index (χ1v) is 8.37. The minimum atomic E-state index is -0.182. The highest BCUT2D eigenvalue weighted by atomic mass is 19.1. The first-order chi connectivity index (χ1) is 11.5. The topological polar surface area (TPSA) is 15.7 Å². The van der Waals surface area contributed by atoms with Gasteiger partial charge in [-0.2, -0.15) is 0 Å². The van der Waals surface area contributed by atoms with Crippen molar-refractivity contribution in [1.82, 2.24) is 9.80 Å². The van der Waals surface area contributed by atoms with Crippen LogP contribution in [0.25, 0.3) is 0 Å². The monoisotopic (exact) mass is 328 g/mol. The van der Waals surface area contributed by atoms with Crippen LogP contribution in [-0.4, -0.2) is 43.1 Å². The molecule has 3 nitrogen and oxygen atoms in total. The Labute approximate surface area is 143 Å². The molecule has 4 heteroatoms. The van der Waals surface area contributed by atoms with Crippen molar-refractivity contribution in [2.24, 2.45) is 0 Å². The van der Waals surface area contributed by atoms with Crippen LogP contribution in [0, 0.1) is 12.7 Å². The SMILES string of the molecule is Cc1ccc2c(c1)CN(Cc1cccc(F)c1)C(CN(C)C)CO2. The summed E-state index contributed by atoms with van der Waals surface area (Å²) >= 11 is 0. The van der Waals surface area contributed by atoms with E-state index in [4.69, 9.17) is 4.74 Å². The Hall–Kier alpha value is -1.91. The Morgan fingerprint density at radius 1 is 1.21 bits per heavy atom. The largest absolute Gasteiger partial charge is 0.492 e. The van der Waals surface area contributed by atoms with Crippen LogP contribution >= 0.6 is 0 Å². The number of fused-ring (bicyclic) bond motifs is 1. The van der Waals surface area contributed by atoms with Gasteiger partial charge in [-0.1, -0.05) is 29.8 Å². The molecule has 0 aromatic heterocycles. The quantitative estimate of drug-likeness (QED) is 0.855. The lowest BCUT2D eigenvalue weighted by Gasteiger charge is -2.31. The zero-order valence-electron chi connectivity index (χ0n) is 14.6. The first kappa shape index (κ1) is 16.9. The van der Waals surface area contributed by atoms with E-state index in [2.05, 4.69) is 49.0 Å². The predicted octanol–water partition coefficient (Wildman–Crippen LogP) is 3.46. The predicted molar refractivity (Wildman–Crippen MR) is 94.7 cm³/mol. The standard InChI is InChI=1S/C20H25FN2O/c1-15-7-8-20-17(9-15)12-23(19(14-24-20)13-22(2)3)11-16-5-4-6-18(21)10-16/h4-10,19H,11-14H2,1-3H3. The second kappa shape index (κ2) is 7.32. The lowest BCUT2D eigenvalue weighted by molar-refractivity contribution is 0.113. The molecule has 2 aromatic rings. The number of nitrogens with zero attached hydrogens (tertiary/aromatic N) is 2. The molecule has 0 saturated heterocycles. The molecule has 1 aliphatic heterocycles. The Morgan fingerprint density at radius 2 is 2.04 bits per heavy atom. The van der Waals surface area contributed by atoms with Gasteiger partial charge in [-0.3, -0.25) is 4.90 Å². The highest BCUT2D eigenvalue weighted by molar-refractivity contribution is 5.37. The fourth-order valence-corrected chi connectivity index (χ4v) is 3.26. The maximum absolute atomic E-state index is 13.5. The molecule has 0 fully saturated rings. The van der Waals surface area contributed by atoms with Crippen molar-refractivity contribution < 1.29 is 9.13 Å². The summed E-state index contributed by atoms with van der Waals surface area (Å²) in [4.78, 5) is 4.56. The van der Waals surface area contributed by atoms with E-state index in [0.717, 1.165) is 24.4 Å². The van der Waals surface area contributed by atoms with E-state index in [1.807, 2.05) is 6.07 Å². The molecule has 1 unspecified atom stereocenters. The molecule has 0 aliphatic carbocycles. The van der Waals surface area contributed by atoms with Crippen molar-refractivity contribution in [3.8, 4) is 5.75 Å². The molecular formula is C20H25FN2O. The molecule has 1 aliphatic rings. The molecule has 0 N–H and O–H groups in total. The maximum atomic E-state index is 13.5. The molecule has 0 bridgehead atoms. The van der Waals surface area contributed by atoms with E-state index < -0.39 is 0 Å². The number of halogens is 1. The van der Waals surface area contributed by atoms with Crippen molar-refractivity contribution in [3.63, 3.8) is 0 Å². The van der Waals surface area contributed by atoms with E-state index >= 15 is 0 Å². The summed E-state index contributed by atoms with van der Waals surface area (Å²) in [5, 5.41) is 0. The maximum Gasteiger partial charge on any atom is 0.123 e. The van der Waals surface area contributed by atoms with Crippen LogP contribution in [0.2, 0.25) is 0 Å². The number of ether oxygens (including phenoxy) is 1. The molecule has 1 heterocycles. The van der Waals surface area contributed by atoms with Crippen molar-refractivity contribution in [2.75, 3.05) is 27.2 Å². The Kier molecular flexibility index (Phi) is 5.17. The molecule has 3 rings (SSSR count). The second-order valence-electron chi connectivity index (χ2n) is 6.87. The highest BCUT2D eigenvalue weighted by Gasteiger charge is 2.25. The molecule has 2 aromatic carbocycles. The number of benzene rings is 2. The van der Waals surface area contributed by atoms with Crippen molar-refractivity contribution in [1.29, 1.82) is 0 Å². The number of hydrogen-bond acceptors (Lipinski definition) is 3. The van der Waals surface area contributed by atoms with E-state index in [1.54, 1.807) is 12.1 Å². The Morgan fingerprint density at radius 3 is 2.79 bits per heavy atom. The third kappa shape index (κ3) is 4.13. The van der Waals surface area contributed by atoms with Gasteiger partial charge in [0.05, 0.1) is 6.04 Å². The Balaban J connectivity index is 1.87.